The predicted octanol–water partition coefficient (Wildman–Crippen LogP) is 1.53. The number of hydrogen-bond donors (Lipinski definition) is 1. The molecule has 1 N–H and O–H groups in total. The van der Waals surface area contributed by atoms with Gasteiger partial charge < -0.3 is 5.11 Å². The van der Waals surface area contributed by atoms with Crippen LogP contribution in [0.5, 0.6) is 0 Å². The van der Waals surface area contributed by atoms with Crippen molar-refractivity contribution in [3.63, 3.8) is 0 Å². The highest BCUT2D eigenvalue weighted by molar-refractivity contribution is 6.22. The van der Waals surface area contributed by atoms with Crippen molar-refractivity contribution < 1.29 is 23.5 Å². The van der Waals surface area contributed by atoms with Crippen LogP contribution in [0.15, 0.2) is 12.1 Å². The molecule has 0 fully saturated rings. The van der Waals surface area contributed by atoms with Crippen molar-refractivity contribution >= 4 is 11.8 Å². The molecule has 1 aliphatic heterocycles. The minimum atomic E-state index is -3.49. The number of aryl methyl sites for hydroxylation is 2. The molecule has 2 amide bonds. The van der Waals surface area contributed by atoms with Crippen LogP contribution in [0, 0.1) is 13.8 Å². The third-order valence-electron chi connectivity index (χ3n) is 3.16. The Morgan fingerprint density at radius 3 is 1.89 bits per heavy atom. The van der Waals surface area contributed by atoms with Crippen molar-refractivity contribution in [1.29, 1.82) is 0 Å². The van der Waals surface area contributed by atoms with E-state index in [1.54, 1.807) is 26.0 Å². The van der Waals surface area contributed by atoms with Crippen molar-refractivity contribution in [2.75, 3.05) is 13.2 Å². The van der Waals surface area contributed by atoms with Gasteiger partial charge in [-0.15, -0.1) is 0 Å². The van der Waals surface area contributed by atoms with Gasteiger partial charge in [0.1, 0.15) is 6.61 Å². The Morgan fingerprint density at radius 1 is 1.11 bits per heavy atom. The molecular weight excluding hydrogens is 256 g/mol. The van der Waals surface area contributed by atoms with Gasteiger partial charge in [0.25, 0.3) is 17.7 Å². The quantitative estimate of drug-likeness (QED) is 0.846. The topological polar surface area (TPSA) is 57.6 Å². The number of carbonyl (C=O) groups excluding carboxylic acids is 2. The van der Waals surface area contributed by atoms with Crippen molar-refractivity contribution in [2.45, 2.75) is 19.8 Å². The Bertz CT molecular complexity index is 528. The van der Waals surface area contributed by atoms with Crippen molar-refractivity contribution in [1.82, 2.24) is 4.90 Å². The number of aliphatic hydroxyl groups is 1. The highest BCUT2D eigenvalue weighted by Gasteiger charge is 2.43. The number of amides is 2. The summed E-state index contributed by atoms with van der Waals surface area (Å²) in [5, 5.41) is 8.55. The van der Waals surface area contributed by atoms with Crippen LogP contribution in [0.2, 0.25) is 0 Å². The lowest BCUT2D eigenvalue weighted by molar-refractivity contribution is -0.0627. The Kier molecular flexibility index (Phi) is 3.14. The number of hydrogen-bond acceptors (Lipinski definition) is 3. The third-order valence-corrected chi connectivity index (χ3v) is 3.16. The molecular formula is C13H13F2NO3. The molecule has 19 heavy (non-hydrogen) atoms. The maximum atomic E-state index is 13.2. The van der Waals surface area contributed by atoms with E-state index in [1.807, 2.05) is 0 Å². The molecule has 0 saturated carbocycles. The Morgan fingerprint density at radius 2 is 1.53 bits per heavy atom. The molecule has 0 saturated heterocycles. The van der Waals surface area contributed by atoms with Crippen LogP contribution in [0.3, 0.4) is 0 Å². The molecule has 4 nitrogen and oxygen atoms in total. The first-order valence-corrected chi connectivity index (χ1v) is 5.73. The van der Waals surface area contributed by atoms with Gasteiger partial charge in [0.15, 0.2) is 0 Å². The van der Waals surface area contributed by atoms with Crippen LogP contribution in [-0.2, 0) is 0 Å². The van der Waals surface area contributed by atoms with Gasteiger partial charge in [-0.3, -0.25) is 14.5 Å². The average molecular weight is 269 g/mol. The summed E-state index contributed by atoms with van der Waals surface area (Å²) >= 11 is 0. The predicted molar refractivity (Wildman–Crippen MR) is 63.3 cm³/mol. The maximum absolute atomic E-state index is 13.2. The fraction of sp³-hybridized carbons (Fsp3) is 0.385. The minimum absolute atomic E-state index is 0.179. The number of aliphatic hydroxyl groups excluding tert-OH is 1. The molecule has 6 heteroatoms. The summed E-state index contributed by atoms with van der Waals surface area (Å²) in [6, 6.07) is 3.35. The first kappa shape index (κ1) is 13.6. The van der Waals surface area contributed by atoms with Crippen LogP contribution in [0.25, 0.3) is 0 Å². The second-order valence-corrected chi connectivity index (χ2v) is 4.66. The van der Waals surface area contributed by atoms with Gasteiger partial charge in [-0.25, -0.2) is 8.78 Å². The smallest absolute Gasteiger partial charge is 0.288 e. The number of imide groups is 1. The normalized spacial score (nSPS) is 15.1. The number of fused-ring (bicyclic) bond motifs is 1. The lowest BCUT2D eigenvalue weighted by Gasteiger charge is -2.20. The van der Waals surface area contributed by atoms with E-state index in [0.717, 1.165) is 0 Å². The fourth-order valence-electron chi connectivity index (χ4n) is 2.15. The zero-order valence-electron chi connectivity index (χ0n) is 10.5. The largest absolute Gasteiger partial charge is 0.390 e. The van der Waals surface area contributed by atoms with Gasteiger partial charge in [0.05, 0.1) is 17.7 Å². The molecule has 0 radical (unpaired) electrons. The van der Waals surface area contributed by atoms with Gasteiger partial charge >= 0.3 is 0 Å². The van der Waals surface area contributed by atoms with Gasteiger partial charge in [0, 0.05) is 0 Å². The van der Waals surface area contributed by atoms with Crippen molar-refractivity contribution in [3.8, 4) is 0 Å². The molecule has 0 bridgehead atoms. The summed E-state index contributed by atoms with van der Waals surface area (Å²) in [4.78, 5) is 24.6. The molecule has 1 aromatic rings. The maximum Gasteiger partial charge on any atom is 0.288 e. The van der Waals surface area contributed by atoms with Crippen LogP contribution < -0.4 is 0 Å². The summed E-state index contributed by atoms with van der Waals surface area (Å²) < 4.78 is 26.4. The Labute approximate surface area is 108 Å². The molecule has 0 unspecified atom stereocenters. The fourth-order valence-corrected chi connectivity index (χ4v) is 2.15. The van der Waals surface area contributed by atoms with E-state index in [9.17, 15) is 18.4 Å². The van der Waals surface area contributed by atoms with Gasteiger partial charge in [-0.05, 0) is 25.0 Å². The summed E-state index contributed by atoms with van der Waals surface area (Å²) in [6.07, 6.45) is 0. The number of rotatable bonds is 3. The van der Waals surface area contributed by atoms with E-state index in [0.29, 0.717) is 16.0 Å². The SMILES string of the molecule is Cc1ccc(C)c2c1C(=O)N(CC(F)(F)CO)C2=O. The number of halogens is 2. The first-order chi connectivity index (χ1) is 8.78. The van der Waals surface area contributed by atoms with Gasteiger partial charge in [-0.1, -0.05) is 12.1 Å². The van der Waals surface area contributed by atoms with E-state index in [1.165, 1.54) is 0 Å². The Hall–Kier alpha value is -1.82. The molecule has 1 aliphatic rings. The zero-order chi connectivity index (χ0) is 14.4. The van der Waals surface area contributed by atoms with E-state index in [2.05, 4.69) is 0 Å². The average Bonchev–Trinajstić information content (AvgIpc) is 2.59. The monoisotopic (exact) mass is 269 g/mol. The van der Waals surface area contributed by atoms with Gasteiger partial charge in [0.2, 0.25) is 0 Å². The summed E-state index contributed by atoms with van der Waals surface area (Å²) in [6.45, 7) is 0.793. The zero-order valence-corrected chi connectivity index (χ0v) is 10.5. The number of benzene rings is 1. The molecule has 0 aliphatic carbocycles. The molecule has 0 atom stereocenters. The molecule has 1 heterocycles. The summed E-state index contributed by atoms with van der Waals surface area (Å²) in [7, 11) is 0. The number of nitrogens with zero attached hydrogens (tertiary/aromatic N) is 1. The van der Waals surface area contributed by atoms with Gasteiger partial charge in [-0.2, -0.15) is 0 Å². The second-order valence-electron chi connectivity index (χ2n) is 4.66. The van der Waals surface area contributed by atoms with Crippen LogP contribution >= 0.6 is 0 Å². The van der Waals surface area contributed by atoms with E-state index in [4.69, 9.17) is 5.11 Å². The highest BCUT2D eigenvalue weighted by Crippen LogP contribution is 2.30. The lowest BCUT2D eigenvalue weighted by Crippen LogP contribution is -2.42. The lowest BCUT2D eigenvalue weighted by atomic mass is 9.99. The highest BCUT2D eigenvalue weighted by atomic mass is 19.3. The molecule has 1 aromatic carbocycles. The van der Waals surface area contributed by atoms with E-state index >= 15 is 0 Å². The second kappa shape index (κ2) is 4.38. The number of alkyl halides is 2. The molecule has 102 valence electrons. The minimum Gasteiger partial charge on any atom is -0.390 e. The van der Waals surface area contributed by atoms with Crippen molar-refractivity contribution in [3.05, 3.63) is 34.4 Å². The molecule has 2 rings (SSSR count). The van der Waals surface area contributed by atoms with Crippen LogP contribution in [0.4, 0.5) is 8.78 Å². The Balaban J connectivity index is 2.45. The third kappa shape index (κ3) is 2.12. The number of carbonyl (C=O) groups is 2. The van der Waals surface area contributed by atoms with E-state index < -0.39 is 30.9 Å². The summed E-state index contributed by atoms with van der Waals surface area (Å²) in [5.74, 6) is -4.95. The molecule has 0 aromatic heterocycles. The van der Waals surface area contributed by atoms with E-state index in [-0.39, 0.29) is 11.1 Å². The summed E-state index contributed by atoms with van der Waals surface area (Å²) in [5.41, 5.74) is 1.51. The van der Waals surface area contributed by atoms with Crippen LogP contribution in [0.1, 0.15) is 31.8 Å². The van der Waals surface area contributed by atoms with Crippen molar-refractivity contribution in [2.24, 2.45) is 0 Å². The standard InChI is InChI=1S/C13H13F2NO3/c1-7-3-4-8(2)10-9(7)11(18)16(12(10)19)5-13(14,15)6-17/h3-4,17H,5-6H2,1-2H3. The molecule has 0 spiro atoms. The first-order valence-electron chi connectivity index (χ1n) is 5.73. The van der Waals surface area contributed by atoms with Crippen LogP contribution in [-0.4, -0.2) is 40.9 Å².